The van der Waals surface area contributed by atoms with Crippen molar-refractivity contribution in [1.82, 2.24) is 21.7 Å². The Morgan fingerprint density at radius 3 is 1.42 bits per heavy atom. The van der Waals surface area contributed by atoms with E-state index in [0.717, 1.165) is 68.9 Å². The SMILES string of the molecule is CCCCCCCCc1ccc(C(=O)NNC(=O)CCCCC(CCCCC)C(=O)NNC(=O)c2ccc(CCCCCCCC)cc2O)c(O)c1. The molecule has 2 aromatic rings. The fourth-order valence-electron chi connectivity index (χ4n) is 6.34. The van der Waals surface area contributed by atoms with Gasteiger partial charge in [-0.15, -0.1) is 0 Å². The molecule has 10 nitrogen and oxygen atoms in total. The minimum Gasteiger partial charge on any atom is -0.507 e. The van der Waals surface area contributed by atoms with Crippen LogP contribution in [0.5, 0.6) is 11.5 Å². The standard InChI is InChI=1S/C42H66N4O6/c1-4-7-10-12-14-17-21-32-26-28-35(37(47)30-32)41(51)45-43-39(49)25-20-19-24-34(23-16-9-6-3)40(50)44-46-42(52)36-29-27-33(31-38(36)48)22-18-15-13-11-8-5-2/h26-31,34,47-48H,4-25H2,1-3H3,(H,43,49)(H,44,50)(H,45,51)(H,46,52). The van der Waals surface area contributed by atoms with E-state index < -0.39 is 11.8 Å². The number of carbonyl (C=O) groups excluding carboxylic acids is 4. The summed E-state index contributed by atoms with van der Waals surface area (Å²) in [6.07, 6.45) is 21.1. The molecule has 10 heteroatoms. The lowest BCUT2D eigenvalue weighted by atomic mass is 9.94. The monoisotopic (exact) mass is 722 g/mol. The molecule has 0 spiro atoms. The van der Waals surface area contributed by atoms with Crippen molar-refractivity contribution < 1.29 is 29.4 Å². The molecule has 0 bridgehead atoms. The number of rotatable bonds is 26. The number of hydrazine groups is 2. The van der Waals surface area contributed by atoms with Gasteiger partial charge in [0.2, 0.25) is 11.8 Å². The number of benzene rings is 2. The fraction of sp³-hybridized carbons (Fsp3) is 0.619. The molecule has 0 saturated heterocycles. The number of aromatic hydroxyl groups is 2. The number of phenolic OH excluding ortho intramolecular Hbond substituents is 2. The molecule has 0 fully saturated rings. The predicted octanol–water partition coefficient (Wildman–Crippen LogP) is 8.88. The van der Waals surface area contributed by atoms with Crippen LogP contribution in [0.1, 0.15) is 181 Å². The van der Waals surface area contributed by atoms with Crippen molar-refractivity contribution in [3.63, 3.8) is 0 Å². The van der Waals surface area contributed by atoms with Crippen molar-refractivity contribution in [3.8, 4) is 11.5 Å². The van der Waals surface area contributed by atoms with Crippen molar-refractivity contribution >= 4 is 23.6 Å². The summed E-state index contributed by atoms with van der Waals surface area (Å²) in [6, 6.07) is 10.1. The van der Waals surface area contributed by atoms with Gasteiger partial charge in [-0.1, -0.05) is 123 Å². The van der Waals surface area contributed by atoms with E-state index in [1.165, 1.54) is 51.4 Å². The topological polar surface area (TPSA) is 157 Å². The van der Waals surface area contributed by atoms with Crippen LogP contribution in [0.15, 0.2) is 36.4 Å². The van der Waals surface area contributed by atoms with Gasteiger partial charge in [0.15, 0.2) is 0 Å². The van der Waals surface area contributed by atoms with Crippen molar-refractivity contribution in [3.05, 3.63) is 58.7 Å². The lowest BCUT2D eigenvalue weighted by molar-refractivity contribution is -0.126. The summed E-state index contributed by atoms with van der Waals surface area (Å²) in [6.45, 7) is 6.48. The molecular weight excluding hydrogens is 656 g/mol. The van der Waals surface area contributed by atoms with Crippen LogP contribution in [-0.2, 0) is 22.4 Å². The molecule has 0 aliphatic rings. The summed E-state index contributed by atoms with van der Waals surface area (Å²) in [5, 5.41) is 20.9. The molecule has 0 aliphatic carbocycles. The van der Waals surface area contributed by atoms with Gasteiger partial charge in [0.05, 0.1) is 11.1 Å². The lowest BCUT2D eigenvalue weighted by Gasteiger charge is -2.17. The van der Waals surface area contributed by atoms with Crippen LogP contribution >= 0.6 is 0 Å². The number of nitrogens with one attached hydrogen (secondary N) is 4. The Kier molecular flexibility index (Phi) is 22.6. The van der Waals surface area contributed by atoms with E-state index in [2.05, 4.69) is 42.5 Å². The minimum atomic E-state index is -0.593. The zero-order valence-corrected chi connectivity index (χ0v) is 32.1. The quantitative estimate of drug-likeness (QED) is 0.0421. The molecule has 2 aromatic carbocycles. The zero-order chi connectivity index (χ0) is 38.0. The normalized spacial score (nSPS) is 11.5. The number of hydrogen-bond donors (Lipinski definition) is 6. The van der Waals surface area contributed by atoms with Gasteiger partial charge in [-0.2, -0.15) is 0 Å². The Labute approximate surface area is 312 Å². The molecule has 1 atom stereocenters. The summed E-state index contributed by atoms with van der Waals surface area (Å²) >= 11 is 0. The molecule has 1 unspecified atom stereocenters. The Hall–Kier alpha value is -4.08. The molecule has 0 aliphatic heterocycles. The lowest BCUT2D eigenvalue weighted by Crippen LogP contribution is -2.44. The number of aryl methyl sites for hydroxylation is 2. The average Bonchev–Trinajstić information content (AvgIpc) is 3.13. The van der Waals surface area contributed by atoms with Gasteiger partial charge in [-0.05, 0) is 80.3 Å². The maximum absolute atomic E-state index is 13.1. The maximum atomic E-state index is 13.1. The van der Waals surface area contributed by atoms with Crippen molar-refractivity contribution in [2.24, 2.45) is 5.92 Å². The minimum absolute atomic E-state index is 0.0933. The van der Waals surface area contributed by atoms with Crippen LogP contribution in [0.4, 0.5) is 0 Å². The van der Waals surface area contributed by atoms with Crippen molar-refractivity contribution in [2.75, 3.05) is 0 Å². The van der Waals surface area contributed by atoms with Gasteiger partial charge in [-0.25, -0.2) is 0 Å². The first kappa shape index (κ1) is 44.1. The summed E-state index contributed by atoms with van der Waals surface area (Å²) in [5.74, 6) is -2.44. The molecule has 2 rings (SSSR count). The van der Waals surface area contributed by atoms with Crippen LogP contribution in [0.2, 0.25) is 0 Å². The predicted molar refractivity (Wildman–Crippen MR) is 208 cm³/mol. The first-order valence-electron chi connectivity index (χ1n) is 20.0. The van der Waals surface area contributed by atoms with E-state index in [1.807, 2.05) is 12.1 Å². The molecule has 0 radical (unpaired) electrons. The number of unbranched alkanes of at least 4 members (excludes halogenated alkanes) is 13. The second-order valence-electron chi connectivity index (χ2n) is 14.1. The maximum Gasteiger partial charge on any atom is 0.273 e. The molecule has 0 aromatic heterocycles. The van der Waals surface area contributed by atoms with E-state index in [0.29, 0.717) is 25.7 Å². The van der Waals surface area contributed by atoms with Gasteiger partial charge in [-0.3, -0.25) is 40.9 Å². The Morgan fingerprint density at radius 1 is 0.519 bits per heavy atom. The second-order valence-corrected chi connectivity index (χ2v) is 14.1. The Balaban J connectivity index is 1.75. The number of carbonyl (C=O) groups is 4. The molecule has 290 valence electrons. The third-order valence-corrected chi connectivity index (χ3v) is 9.60. The van der Waals surface area contributed by atoms with Crippen LogP contribution < -0.4 is 21.7 Å². The summed E-state index contributed by atoms with van der Waals surface area (Å²) in [4.78, 5) is 50.9. The van der Waals surface area contributed by atoms with E-state index in [-0.39, 0.29) is 46.8 Å². The number of phenols is 2. The van der Waals surface area contributed by atoms with Crippen LogP contribution in [-0.4, -0.2) is 33.8 Å². The molecule has 0 saturated carbocycles. The average molecular weight is 723 g/mol. The van der Waals surface area contributed by atoms with Gasteiger partial charge >= 0.3 is 0 Å². The summed E-state index contributed by atoms with van der Waals surface area (Å²) < 4.78 is 0. The van der Waals surface area contributed by atoms with Gasteiger partial charge in [0.1, 0.15) is 11.5 Å². The smallest absolute Gasteiger partial charge is 0.273 e. The molecule has 6 N–H and O–H groups in total. The van der Waals surface area contributed by atoms with Crippen LogP contribution in [0.25, 0.3) is 0 Å². The third-order valence-electron chi connectivity index (χ3n) is 9.60. The highest BCUT2D eigenvalue weighted by Crippen LogP contribution is 2.23. The van der Waals surface area contributed by atoms with E-state index in [1.54, 1.807) is 24.3 Å². The van der Waals surface area contributed by atoms with Crippen molar-refractivity contribution in [2.45, 2.75) is 162 Å². The highest BCUT2D eigenvalue weighted by Gasteiger charge is 2.20. The zero-order valence-electron chi connectivity index (χ0n) is 32.1. The van der Waals surface area contributed by atoms with Crippen LogP contribution in [0.3, 0.4) is 0 Å². The Bertz CT molecular complexity index is 1360. The molecule has 0 heterocycles. The number of hydrogen-bond acceptors (Lipinski definition) is 6. The van der Waals surface area contributed by atoms with Crippen molar-refractivity contribution in [1.29, 1.82) is 0 Å². The molecular formula is C42H66N4O6. The fourth-order valence-corrected chi connectivity index (χ4v) is 6.34. The molecule has 52 heavy (non-hydrogen) atoms. The third kappa shape index (κ3) is 17.9. The number of amides is 4. The van der Waals surface area contributed by atoms with Gasteiger partial charge in [0.25, 0.3) is 11.8 Å². The first-order valence-corrected chi connectivity index (χ1v) is 20.0. The van der Waals surface area contributed by atoms with E-state index in [4.69, 9.17) is 0 Å². The molecule has 4 amide bonds. The highest BCUT2D eigenvalue weighted by molar-refractivity contribution is 5.98. The highest BCUT2D eigenvalue weighted by atomic mass is 16.3. The largest absolute Gasteiger partial charge is 0.507 e. The van der Waals surface area contributed by atoms with Crippen LogP contribution in [0, 0.1) is 5.92 Å². The first-order chi connectivity index (χ1) is 25.2. The van der Waals surface area contributed by atoms with E-state index >= 15 is 0 Å². The van der Waals surface area contributed by atoms with Gasteiger partial charge < -0.3 is 10.2 Å². The Morgan fingerprint density at radius 2 is 0.942 bits per heavy atom. The van der Waals surface area contributed by atoms with Gasteiger partial charge in [0, 0.05) is 12.3 Å². The summed E-state index contributed by atoms with van der Waals surface area (Å²) in [7, 11) is 0. The summed E-state index contributed by atoms with van der Waals surface area (Å²) in [5.41, 5.74) is 11.9. The second kappa shape index (κ2) is 26.7. The van der Waals surface area contributed by atoms with E-state index in [9.17, 15) is 29.4 Å².